The Kier molecular flexibility index (Phi) is 7.71. The Morgan fingerprint density at radius 2 is 1.92 bits per heavy atom. The summed E-state index contributed by atoms with van der Waals surface area (Å²) in [5, 5.41) is 2.93. The third-order valence-corrected chi connectivity index (χ3v) is 6.99. The van der Waals surface area contributed by atoms with Crippen LogP contribution in [0.1, 0.15) is 53.0 Å². The number of amides is 1. The smallest absolute Gasteiger partial charge is 0.261 e. The van der Waals surface area contributed by atoms with Crippen molar-refractivity contribution in [3.63, 3.8) is 0 Å². The molecule has 0 saturated carbocycles. The van der Waals surface area contributed by atoms with Crippen molar-refractivity contribution in [2.75, 3.05) is 6.54 Å². The molecule has 1 aliphatic rings. The molecule has 5 rings (SSSR count). The second kappa shape index (κ2) is 11.5. The fraction of sp³-hybridized carbons (Fsp3) is 0.281. The first-order valence-electron chi connectivity index (χ1n) is 13.0. The molecule has 1 aliphatic heterocycles. The first-order valence-corrected chi connectivity index (χ1v) is 13.0. The maximum absolute atomic E-state index is 12.8. The number of ether oxygens (including phenoxy) is 1. The quantitative estimate of drug-likeness (QED) is 0.301. The van der Waals surface area contributed by atoms with Crippen LogP contribution in [0.2, 0.25) is 0 Å². The number of fused-ring (bicyclic) bond motifs is 1. The van der Waals surface area contributed by atoms with E-state index in [2.05, 4.69) is 83.9 Å². The highest BCUT2D eigenvalue weighted by Gasteiger charge is 2.30. The zero-order valence-corrected chi connectivity index (χ0v) is 21.5. The number of hydrogen-bond acceptors (Lipinski definition) is 4. The molecule has 0 aliphatic carbocycles. The lowest BCUT2D eigenvalue weighted by atomic mass is 9.87. The SMILES string of the molecule is CCC(Oc1ccc2c(c1)C(c1ccccc1)N(Cc1cccc(C)c1)CC2)C(=O)NCc1ccco1. The van der Waals surface area contributed by atoms with Crippen LogP contribution >= 0.6 is 0 Å². The maximum Gasteiger partial charge on any atom is 0.261 e. The summed E-state index contributed by atoms with van der Waals surface area (Å²) in [5.41, 5.74) is 6.43. The van der Waals surface area contributed by atoms with E-state index < -0.39 is 6.10 Å². The Morgan fingerprint density at radius 1 is 1.05 bits per heavy atom. The van der Waals surface area contributed by atoms with E-state index in [0.717, 1.165) is 31.0 Å². The number of rotatable bonds is 9. The normalized spacial score (nSPS) is 16.1. The summed E-state index contributed by atoms with van der Waals surface area (Å²) < 4.78 is 11.6. The summed E-state index contributed by atoms with van der Waals surface area (Å²) in [6, 6.07) is 29.5. The van der Waals surface area contributed by atoms with E-state index in [1.165, 1.54) is 27.8 Å². The fourth-order valence-electron chi connectivity index (χ4n) is 5.15. The lowest BCUT2D eigenvalue weighted by Crippen LogP contribution is -2.38. The van der Waals surface area contributed by atoms with Crippen LogP contribution in [0.5, 0.6) is 5.75 Å². The Balaban J connectivity index is 1.39. The number of aryl methyl sites for hydroxylation is 1. The highest BCUT2D eigenvalue weighted by Crippen LogP contribution is 2.38. The van der Waals surface area contributed by atoms with Gasteiger partial charge >= 0.3 is 0 Å². The van der Waals surface area contributed by atoms with Gasteiger partial charge in [-0.3, -0.25) is 9.69 Å². The van der Waals surface area contributed by atoms with Gasteiger partial charge in [0.05, 0.1) is 18.8 Å². The van der Waals surface area contributed by atoms with Crippen molar-refractivity contribution in [2.24, 2.45) is 0 Å². The van der Waals surface area contributed by atoms with Crippen LogP contribution in [0, 0.1) is 6.92 Å². The largest absolute Gasteiger partial charge is 0.481 e. The van der Waals surface area contributed by atoms with Crippen molar-refractivity contribution in [3.8, 4) is 5.75 Å². The van der Waals surface area contributed by atoms with E-state index in [0.29, 0.717) is 13.0 Å². The van der Waals surface area contributed by atoms with Crippen LogP contribution in [-0.4, -0.2) is 23.5 Å². The Morgan fingerprint density at radius 3 is 2.68 bits per heavy atom. The molecule has 3 aromatic carbocycles. The lowest BCUT2D eigenvalue weighted by molar-refractivity contribution is -0.128. The number of nitrogens with one attached hydrogen (secondary N) is 1. The predicted molar refractivity (Wildman–Crippen MR) is 145 cm³/mol. The highest BCUT2D eigenvalue weighted by molar-refractivity contribution is 5.81. The van der Waals surface area contributed by atoms with Crippen LogP contribution < -0.4 is 10.1 Å². The number of hydrogen-bond donors (Lipinski definition) is 1. The molecule has 0 bridgehead atoms. The second-order valence-corrected chi connectivity index (χ2v) is 9.70. The summed E-state index contributed by atoms with van der Waals surface area (Å²) in [7, 11) is 0. The van der Waals surface area contributed by atoms with Gasteiger partial charge < -0.3 is 14.5 Å². The number of nitrogens with zero attached hydrogens (tertiary/aromatic N) is 1. The van der Waals surface area contributed by atoms with Crippen molar-refractivity contribution in [2.45, 2.75) is 51.9 Å². The van der Waals surface area contributed by atoms with Gasteiger partial charge in [-0.25, -0.2) is 0 Å². The average molecular weight is 495 g/mol. The first-order chi connectivity index (χ1) is 18.1. The molecule has 4 aromatic rings. The molecule has 37 heavy (non-hydrogen) atoms. The van der Waals surface area contributed by atoms with Gasteiger partial charge in [-0.2, -0.15) is 0 Å². The van der Waals surface area contributed by atoms with Gasteiger partial charge in [-0.1, -0.05) is 73.2 Å². The molecule has 2 heterocycles. The predicted octanol–water partition coefficient (Wildman–Crippen LogP) is 6.21. The Hall–Kier alpha value is -3.83. The number of benzene rings is 3. The monoisotopic (exact) mass is 494 g/mol. The Labute approximate surface area is 219 Å². The Bertz CT molecular complexity index is 1320. The molecule has 5 nitrogen and oxygen atoms in total. The molecule has 1 N–H and O–H groups in total. The molecule has 1 aromatic heterocycles. The van der Waals surface area contributed by atoms with Gasteiger partial charge in [0.25, 0.3) is 5.91 Å². The van der Waals surface area contributed by atoms with Gasteiger partial charge in [0.15, 0.2) is 6.10 Å². The maximum atomic E-state index is 12.8. The standard InChI is InChI=1S/C32H34N2O3/c1-3-30(32(35)33-21-28-13-8-18-36-28)37-27-15-14-25-16-17-34(22-24-10-7-9-23(2)19-24)31(29(25)20-27)26-11-5-4-6-12-26/h4-15,18-20,30-31H,3,16-17,21-22H2,1-2H3,(H,33,35). The van der Waals surface area contributed by atoms with Crippen molar-refractivity contribution < 1.29 is 13.9 Å². The minimum Gasteiger partial charge on any atom is -0.481 e. The molecule has 190 valence electrons. The van der Waals surface area contributed by atoms with Crippen LogP contribution in [0.3, 0.4) is 0 Å². The minimum atomic E-state index is -0.574. The van der Waals surface area contributed by atoms with Crippen LogP contribution in [0.4, 0.5) is 0 Å². The zero-order valence-electron chi connectivity index (χ0n) is 21.5. The van der Waals surface area contributed by atoms with E-state index in [-0.39, 0.29) is 11.9 Å². The van der Waals surface area contributed by atoms with Crippen LogP contribution in [-0.2, 0) is 24.3 Å². The van der Waals surface area contributed by atoms with Crippen molar-refractivity contribution in [1.82, 2.24) is 10.2 Å². The van der Waals surface area contributed by atoms with E-state index in [1.54, 1.807) is 6.26 Å². The zero-order chi connectivity index (χ0) is 25.6. The molecular weight excluding hydrogens is 460 g/mol. The molecule has 2 atom stereocenters. The summed E-state index contributed by atoms with van der Waals surface area (Å²) in [6.45, 7) is 6.31. The van der Waals surface area contributed by atoms with Gasteiger partial charge in [0.1, 0.15) is 11.5 Å². The van der Waals surface area contributed by atoms with Gasteiger partial charge in [0.2, 0.25) is 0 Å². The third-order valence-electron chi connectivity index (χ3n) is 6.99. The van der Waals surface area contributed by atoms with E-state index in [9.17, 15) is 4.79 Å². The molecule has 2 unspecified atom stereocenters. The van der Waals surface area contributed by atoms with Crippen molar-refractivity contribution in [3.05, 3.63) is 125 Å². The molecule has 0 radical (unpaired) electrons. The summed E-state index contributed by atoms with van der Waals surface area (Å²) in [5.74, 6) is 1.30. The van der Waals surface area contributed by atoms with E-state index >= 15 is 0 Å². The van der Waals surface area contributed by atoms with Crippen molar-refractivity contribution >= 4 is 5.91 Å². The van der Waals surface area contributed by atoms with E-state index in [1.807, 2.05) is 25.1 Å². The molecule has 1 amide bonds. The highest BCUT2D eigenvalue weighted by atomic mass is 16.5. The molecule has 0 saturated heterocycles. The number of furan rings is 1. The first kappa shape index (κ1) is 24.8. The van der Waals surface area contributed by atoms with Gasteiger partial charge in [-0.05, 0) is 66.3 Å². The lowest BCUT2D eigenvalue weighted by Gasteiger charge is -2.38. The number of carbonyl (C=O) groups excluding carboxylic acids is 1. The number of carbonyl (C=O) groups is 1. The summed E-state index contributed by atoms with van der Waals surface area (Å²) in [4.78, 5) is 15.4. The minimum absolute atomic E-state index is 0.113. The van der Waals surface area contributed by atoms with Gasteiger partial charge in [0, 0.05) is 13.1 Å². The van der Waals surface area contributed by atoms with Crippen LogP contribution in [0.25, 0.3) is 0 Å². The topological polar surface area (TPSA) is 54.7 Å². The molecule has 5 heteroatoms. The van der Waals surface area contributed by atoms with E-state index in [4.69, 9.17) is 9.15 Å². The third kappa shape index (κ3) is 5.95. The second-order valence-electron chi connectivity index (χ2n) is 9.70. The van der Waals surface area contributed by atoms with Gasteiger partial charge in [-0.15, -0.1) is 0 Å². The fourth-order valence-corrected chi connectivity index (χ4v) is 5.15. The van der Waals surface area contributed by atoms with Crippen molar-refractivity contribution in [1.29, 1.82) is 0 Å². The van der Waals surface area contributed by atoms with Crippen LogP contribution in [0.15, 0.2) is 95.6 Å². The molecule has 0 spiro atoms. The summed E-state index contributed by atoms with van der Waals surface area (Å²) in [6.07, 6.45) is 2.58. The molecule has 0 fully saturated rings. The molecular formula is C32H34N2O3. The summed E-state index contributed by atoms with van der Waals surface area (Å²) >= 11 is 0. The average Bonchev–Trinajstić information content (AvgIpc) is 3.44.